The van der Waals surface area contributed by atoms with E-state index < -0.39 is 6.10 Å². The second-order valence-electron chi connectivity index (χ2n) is 8.00. The van der Waals surface area contributed by atoms with Crippen LogP contribution in [0, 0.1) is 0 Å². The van der Waals surface area contributed by atoms with Crippen LogP contribution < -0.4 is 19.5 Å². The first-order chi connectivity index (χ1) is 16.5. The van der Waals surface area contributed by atoms with Gasteiger partial charge in [-0.1, -0.05) is 0 Å². The number of benzene rings is 2. The third kappa shape index (κ3) is 5.96. The van der Waals surface area contributed by atoms with Gasteiger partial charge in [0.25, 0.3) is 0 Å². The molecule has 1 aromatic heterocycles. The zero-order valence-electron chi connectivity index (χ0n) is 19.6. The van der Waals surface area contributed by atoms with E-state index in [0.29, 0.717) is 37.1 Å². The Morgan fingerprint density at radius 3 is 2.65 bits per heavy atom. The van der Waals surface area contributed by atoms with E-state index in [1.54, 1.807) is 11.8 Å². The maximum absolute atomic E-state index is 10.1. The van der Waals surface area contributed by atoms with E-state index in [2.05, 4.69) is 15.4 Å². The molecule has 0 aliphatic carbocycles. The fraction of sp³-hybridized carbons (Fsp3) is 0.417. The lowest BCUT2D eigenvalue weighted by Gasteiger charge is -2.15. The van der Waals surface area contributed by atoms with Crippen LogP contribution >= 0.6 is 0 Å². The second kappa shape index (κ2) is 11.2. The second-order valence-corrected chi connectivity index (χ2v) is 8.00. The third-order valence-electron chi connectivity index (χ3n) is 5.01. The van der Waals surface area contributed by atoms with Crippen LogP contribution in [-0.2, 0) is 9.47 Å². The van der Waals surface area contributed by atoms with Gasteiger partial charge in [0.1, 0.15) is 6.61 Å². The first kappa shape index (κ1) is 23.8. The number of hydrogen-bond donors (Lipinski definition) is 2. The van der Waals surface area contributed by atoms with Gasteiger partial charge in [-0.3, -0.25) is 0 Å². The maximum atomic E-state index is 10.1. The molecule has 10 nitrogen and oxygen atoms in total. The van der Waals surface area contributed by atoms with Gasteiger partial charge < -0.3 is 34.1 Å². The van der Waals surface area contributed by atoms with E-state index >= 15 is 0 Å². The average Bonchev–Trinajstić information content (AvgIpc) is 3.48. The first-order valence-corrected chi connectivity index (χ1v) is 11.2. The lowest BCUT2D eigenvalue weighted by Crippen LogP contribution is -2.26. The van der Waals surface area contributed by atoms with Crippen molar-refractivity contribution in [3.8, 4) is 34.6 Å². The Balaban J connectivity index is 1.52. The van der Waals surface area contributed by atoms with Crippen molar-refractivity contribution in [3.05, 3.63) is 42.5 Å². The van der Waals surface area contributed by atoms with Gasteiger partial charge in [-0.05, 0) is 56.3 Å². The first-order valence-electron chi connectivity index (χ1n) is 11.2. The Morgan fingerprint density at radius 2 is 1.88 bits per heavy atom. The summed E-state index contributed by atoms with van der Waals surface area (Å²) in [5, 5.41) is 17.8. The molecule has 0 radical (unpaired) electrons. The highest BCUT2D eigenvalue weighted by molar-refractivity contribution is 5.64. The third-order valence-corrected chi connectivity index (χ3v) is 5.01. The van der Waals surface area contributed by atoms with Gasteiger partial charge in [0.05, 0.1) is 31.1 Å². The minimum Gasteiger partial charge on any atom is -0.460 e. The molecule has 1 unspecified atom stereocenters. The number of rotatable bonds is 12. The van der Waals surface area contributed by atoms with Crippen LogP contribution in [0.15, 0.2) is 42.5 Å². The van der Waals surface area contributed by atoms with E-state index in [4.69, 9.17) is 23.7 Å². The molecule has 2 aromatic carbocycles. The van der Waals surface area contributed by atoms with Crippen LogP contribution in [0.3, 0.4) is 0 Å². The number of anilines is 1. The number of nitrogens with one attached hydrogen (secondary N) is 1. The Morgan fingerprint density at radius 1 is 1.09 bits per heavy atom. The molecule has 10 heteroatoms. The van der Waals surface area contributed by atoms with Crippen LogP contribution in [0.25, 0.3) is 17.1 Å². The number of hydrogen-bond acceptors (Lipinski definition) is 9. The van der Waals surface area contributed by atoms with Gasteiger partial charge in [0.15, 0.2) is 17.3 Å². The van der Waals surface area contributed by atoms with Gasteiger partial charge in [0.2, 0.25) is 6.79 Å². The molecule has 1 atom stereocenters. The maximum Gasteiger partial charge on any atom is 0.336 e. The van der Waals surface area contributed by atoms with Crippen LogP contribution in [0.1, 0.15) is 13.8 Å². The van der Waals surface area contributed by atoms with Gasteiger partial charge in [-0.15, -0.1) is 5.10 Å². The number of aliphatic hydroxyl groups excluding tert-OH is 1. The SMILES string of the molecule is COCCOc1nc(-c2ccc3c(c2)OCO3)n(-c2ccc(NCC(O)COC(C)C)cc2)n1. The van der Waals surface area contributed by atoms with Crippen molar-refractivity contribution in [3.63, 3.8) is 0 Å². The fourth-order valence-corrected chi connectivity index (χ4v) is 3.29. The summed E-state index contributed by atoms with van der Waals surface area (Å²) in [5.74, 6) is 1.96. The van der Waals surface area contributed by atoms with Gasteiger partial charge in [-0.25, -0.2) is 4.68 Å². The lowest BCUT2D eigenvalue weighted by atomic mass is 10.2. The van der Waals surface area contributed by atoms with E-state index in [1.165, 1.54) is 0 Å². The van der Waals surface area contributed by atoms with Crippen molar-refractivity contribution >= 4 is 5.69 Å². The smallest absolute Gasteiger partial charge is 0.336 e. The van der Waals surface area contributed by atoms with Crippen molar-refractivity contribution in [2.75, 3.05) is 45.6 Å². The van der Waals surface area contributed by atoms with E-state index in [0.717, 1.165) is 16.9 Å². The summed E-state index contributed by atoms with van der Waals surface area (Å²) in [5.41, 5.74) is 2.48. The molecule has 3 aromatic rings. The summed E-state index contributed by atoms with van der Waals surface area (Å²) in [4.78, 5) is 4.59. The molecule has 182 valence electrons. The summed E-state index contributed by atoms with van der Waals surface area (Å²) in [7, 11) is 1.61. The Hall–Kier alpha value is -3.34. The number of aromatic nitrogens is 3. The van der Waals surface area contributed by atoms with Crippen LogP contribution in [-0.4, -0.2) is 72.3 Å². The zero-order valence-corrected chi connectivity index (χ0v) is 19.6. The minimum absolute atomic E-state index is 0.0824. The highest BCUT2D eigenvalue weighted by atomic mass is 16.7. The number of fused-ring (bicyclic) bond motifs is 1. The summed E-state index contributed by atoms with van der Waals surface area (Å²) >= 11 is 0. The summed E-state index contributed by atoms with van der Waals surface area (Å²) < 4.78 is 28.8. The summed E-state index contributed by atoms with van der Waals surface area (Å²) in [6.45, 7) is 5.52. The largest absolute Gasteiger partial charge is 0.460 e. The predicted molar refractivity (Wildman–Crippen MR) is 126 cm³/mol. The highest BCUT2D eigenvalue weighted by Crippen LogP contribution is 2.36. The predicted octanol–water partition coefficient (Wildman–Crippen LogP) is 2.89. The van der Waals surface area contributed by atoms with E-state index in [9.17, 15) is 5.11 Å². The van der Waals surface area contributed by atoms with Gasteiger partial charge in [0, 0.05) is 24.9 Å². The van der Waals surface area contributed by atoms with E-state index in [1.807, 2.05) is 56.3 Å². The highest BCUT2D eigenvalue weighted by Gasteiger charge is 2.19. The van der Waals surface area contributed by atoms with Crippen molar-refractivity contribution < 1.29 is 28.8 Å². The van der Waals surface area contributed by atoms with Gasteiger partial charge in [-0.2, -0.15) is 4.98 Å². The van der Waals surface area contributed by atoms with Gasteiger partial charge >= 0.3 is 6.01 Å². The lowest BCUT2D eigenvalue weighted by molar-refractivity contribution is 0.0112. The topological polar surface area (TPSA) is 109 Å². The Kier molecular flexibility index (Phi) is 7.84. The Bertz CT molecular complexity index is 1070. The molecule has 0 fully saturated rings. The quantitative estimate of drug-likeness (QED) is 0.386. The molecule has 0 bridgehead atoms. The van der Waals surface area contributed by atoms with E-state index in [-0.39, 0.29) is 25.5 Å². The van der Waals surface area contributed by atoms with Crippen molar-refractivity contribution in [1.82, 2.24) is 14.8 Å². The standard InChI is InChI=1S/C24H30N4O6/c1-16(2)32-14-20(29)13-25-18-5-7-19(8-6-18)28-23(26-24(27-28)31-11-10-30-3)17-4-9-21-22(12-17)34-15-33-21/h4-9,12,16,20,25,29H,10-11,13-15H2,1-3H3. The molecule has 2 N–H and O–H groups in total. The number of methoxy groups -OCH3 is 1. The molecule has 0 amide bonds. The molecular formula is C24H30N4O6. The van der Waals surface area contributed by atoms with Crippen LogP contribution in [0.5, 0.6) is 17.5 Å². The normalized spacial score (nSPS) is 13.3. The molecule has 0 spiro atoms. The minimum atomic E-state index is -0.596. The Labute approximate surface area is 198 Å². The molecule has 2 heterocycles. The number of ether oxygens (including phenoxy) is 5. The molecule has 1 aliphatic heterocycles. The van der Waals surface area contributed by atoms with Crippen molar-refractivity contribution in [2.45, 2.75) is 26.1 Å². The molecular weight excluding hydrogens is 440 g/mol. The number of aliphatic hydroxyl groups is 1. The van der Waals surface area contributed by atoms with Crippen LogP contribution in [0.2, 0.25) is 0 Å². The molecule has 0 saturated heterocycles. The summed E-state index contributed by atoms with van der Waals surface area (Å²) in [6, 6.07) is 13.6. The monoisotopic (exact) mass is 470 g/mol. The van der Waals surface area contributed by atoms with Crippen molar-refractivity contribution in [2.24, 2.45) is 0 Å². The molecule has 1 aliphatic rings. The van der Waals surface area contributed by atoms with Crippen molar-refractivity contribution in [1.29, 1.82) is 0 Å². The zero-order chi connectivity index (χ0) is 23.9. The molecule has 4 rings (SSSR count). The molecule has 34 heavy (non-hydrogen) atoms. The average molecular weight is 471 g/mol. The molecule has 0 saturated carbocycles. The fourth-order valence-electron chi connectivity index (χ4n) is 3.29. The number of nitrogens with zero attached hydrogens (tertiary/aromatic N) is 3. The summed E-state index contributed by atoms with van der Waals surface area (Å²) in [6.07, 6.45) is -0.513. The van der Waals surface area contributed by atoms with Crippen LogP contribution in [0.4, 0.5) is 5.69 Å².